The maximum absolute atomic E-state index is 13.1. The molecule has 1 saturated heterocycles. The van der Waals surface area contributed by atoms with Crippen LogP contribution in [-0.2, 0) is 11.2 Å². The summed E-state index contributed by atoms with van der Waals surface area (Å²) in [6.07, 6.45) is 3.16. The molecule has 5 nitrogen and oxygen atoms in total. The van der Waals surface area contributed by atoms with Gasteiger partial charge < -0.3 is 10.2 Å². The number of hydrogen-bond donors (Lipinski definition) is 1. The topological polar surface area (TPSA) is 58.1 Å². The largest absolute Gasteiger partial charge is 0.360 e. The van der Waals surface area contributed by atoms with Crippen molar-refractivity contribution in [3.63, 3.8) is 0 Å². The molecule has 1 aromatic carbocycles. The minimum Gasteiger partial charge on any atom is -0.360 e. The number of thioether (sulfide) groups is 1. The number of anilines is 1. The number of aromatic nitrogens is 2. The van der Waals surface area contributed by atoms with E-state index in [4.69, 9.17) is 0 Å². The van der Waals surface area contributed by atoms with Crippen molar-refractivity contribution in [1.29, 1.82) is 0 Å². The van der Waals surface area contributed by atoms with Crippen LogP contribution in [0.15, 0.2) is 52.2 Å². The number of nitrogens with one attached hydrogen (secondary N) is 1. The average Bonchev–Trinajstić information content (AvgIpc) is 3.49. The molecule has 0 aliphatic carbocycles. The number of nitrogens with zero attached hydrogens (tertiary/aromatic N) is 3. The van der Waals surface area contributed by atoms with Gasteiger partial charge in [-0.2, -0.15) is 0 Å². The van der Waals surface area contributed by atoms with E-state index in [-0.39, 0.29) is 11.2 Å². The molecule has 1 fully saturated rings. The van der Waals surface area contributed by atoms with E-state index in [0.29, 0.717) is 0 Å². The normalized spacial score (nSPS) is 14.9. The standard InChI is InChI=1S/C20H22N4OS3/c25-18(24-12-4-5-13-24)17(15-7-2-1-3-8-15)27-20-23-22-19(28-20)21-11-10-16-9-6-14-26-16/h1-3,6-9,14,17H,4-5,10-13H2,(H,21,22). The van der Waals surface area contributed by atoms with Crippen LogP contribution in [0.3, 0.4) is 0 Å². The van der Waals surface area contributed by atoms with E-state index in [9.17, 15) is 4.79 Å². The molecule has 1 atom stereocenters. The molecule has 146 valence electrons. The smallest absolute Gasteiger partial charge is 0.240 e. The summed E-state index contributed by atoms with van der Waals surface area (Å²) in [4.78, 5) is 16.4. The number of carbonyl (C=O) groups is 1. The first-order valence-corrected chi connectivity index (χ1v) is 12.0. The lowest BCUT2D eigenvalue weighted by Crippen LogP contribution is -2.31. The zero-order valence-electron chi connectivity index (χ0n) is 15.4. The molecule has 8 heteroatoms. The maximum Gasteiger partial charge on any atom is 0.240 e. The molecule has 1 N–H and O–H groups in total. The van der Waals surface area contributed by atoms with Crippen LogP contribution in [0.4, 0.5) is 5.13 Å². The van der Waals surface area contributed by atoms with Crippen LogP contribution >= 0.6 is 34.4 Å². The fourth-order valence-electron chi connectivity index (χ4n) is 3.17. The first-order chi connectivity index (χ1) is 13.8. The summed E-state index contributed by atoms with van der Waals surface area (Å²) < 4.78 is 0.819. The van der Waals surface area contributed by atoms with E-state index < -0.39 is 0 Å². The Bertz CT molecular complexity index is 876. The molecule has 2 aromatic heterocycles. The number of thiophene rings is 1. The lowest BCUT2D eigenvalue weighted by molar-refractivity contribution is -0.129. The van der Waals surface area contributed by atoms with E-state index in [2.05, 4.69) is 33.0 Å². The third-order valence-corrected chi connectivity index (χ3v) is 7.74. The molecule has 4 rings (SSSR count). The highest BCUT2D eigenvalue weighted by molar-refractivity contribution is 8.01. The first-order valence-electron chi connectivity index (χ1n) is 9.40. The van der Waals surface area contributed by atoms with Crippen molar-refractivity contribution in [3.8, 4) is 0 Å². The van der Waals surface area contributed by atoms with Gasteiger partial charge in [0.15, 0.2) is 4.34 Å². The SMILES string of the molecule is O=C(C(Sc1nnc(NCCc2cccs2)s1)c1ccccc1)N1CCCC1. The van der Waals surface area contributed by atoms with Gasteiger partial charge in [-0.3, -0.25) is 4.79 Å². The number of hydrogen-bond acceptors (Lipinski definition) is 7. The molecule has 0 radical (unpaired) electrons. The second kappa shape index (κ2) is 9.54. The van der Waals surface area contributed by atoms with Gasteiger partial charge in [0, 0.05) is 24.5 Å². The van der Waals surface area contributed by atoms with Crippen molar-refractivity contribution in [1.82, 2.24) is 15.1 Å². The van der Waals surface area contributed by atoms with Crippen molar-refractivity contribution in [2.45, 2.75) is 28.9 Å². The Kier molecular flexibility index (Phi) is 6.61. The van der Waals surface area contributed by atoms with Gasteiger partial charge in [0.2, 0.25) is 11.0 Å². The number of rotatable bonds is 8. The summed E-state index contributed by atoms with van der Waals surface area (Å²) in [5.41, 5.74) is 1.02. The van der Waals surface area contributed by atoms with E-state index in [0.717, 1.165) is 53.9 Å². The van der Waals surface area contributed by atoms with Crippen molar-refractivity contribution in [3.05, 3.63) is 58.3 Å². The first kappa shape index (κ1) is 19.4. The summed E-state index contributed by atoms with van der Waals surface area (Å²) >= 11 is 4.79. The molecule has 28 heavy (non-hydrogen) atoms. The van der Waals surface area contributed by atoms with Crippen molar-refractivity contribution < 1.29 is 4.79 Å². The van der Waals surface area contributed by atoms with E-state index >= 15 is 0 Å². The van der Waals surface area contributed by atoms with E-state index in [1.165, 1.54) is 28.0 Å². The van der Waals surface area contributed by atoms with Crippen molar-refractivity contribution in [2.75, 3.05) is 25.0 Å². The van der Waals surface area contributed by atoms with Gasteiger partial charge in [0.25, 0.3) is 0 Å². The molecule has 1 unspecified atom stereocenters. The van der Waals surface area contributed by atoms with Gasteiger partial charge in [-0.25, -0.2) is 0 Å². The van der Waals surface area contributed by atoms with Crippen LogP contribution < -0.4 is 5.32 Å². The van der Waals surface area contributed by atoms with Gasteiger partial charge in [0.1, 0.15) is 5.25 Å². The minimum absolute atomic E-state index is 0.177. The molecule has 0 bridgehead atoms. The minimum atomic E-state index is -0.272. The highest BCUT2D eigenvalue weighted by Crippen LogP contribution is 2.39. The monoisotopic (exact) mass is 430 g/mol. The lowest BCUT2D eigenvalue weighted by Gasteiger charge is -2.22. The van der Waals surface area contributed by atoms with Gasteiger partial charge in [-0.05, 0) is 36.3 Å². The van der Waals surface area contributed by atoms with Crippen LogP contribution in [0.2, 0.25) is 0 Å². The summed E-state index contributed by atoms with van der Waals surface area (Å²) in [5, 5.41) is 14.5. The van der Waals surface area contributed by atoms with E-state index in [1.807, 2.05) is 35.2 Å². The van der Waals surface area contributed by atoms with Gasteiger partial charge in [0.05, 0.1) is 0 Å². The predicted octanol–water partition coefficient (Wildman–Crippen LogP) is 4.71. The lowest BCUT2D eigenvalue weighted by atomic mass is 10.1. The molecule has 0 saturated carbocycles. The van der Waals surface area contributed by atoms with Crippen LogP contribution in [0.1, 0.15) is 28.5 Å². The quantitative estimate of drug-likeness (QED) is 0.525. The number of likely N-dealkylation sites (tertiary alicyclic amines) is 1. The zero-order chi connectivity index (χ0) is 19.2. The summed E-state index contributed by atoms with van der Waals surface area (Å²) in [6.45, 7) is 2.54. The Hall–Kier alpha value is -1.90. The van der Waals surface area contributed by atoms with E-state index in [1.54, 1.807) is 11.3 Å². The summed E-state index contributed by atoms with van der Waals surface area (Å²) in [6, 6.07) is 14.2. The maximum atomic E-state index is 13.1. The van der Waals surface area contributed by atoms with Gasteiger partial charge in [-0.1, -0.05) is 59.5 Å². The Morgan fingerprint density at radius 1 is 1.14 bits per heavy atom. The molecular weight excluding hydrogens is 408 g/mol. The molecule has 0 spiro atoms. The molecule has 3 heterocycles. The van der Waals surface area contributed by atoms with Crippen LogP contribution in [-0.4, -0.2) is 40.6 Å². The third-order valence-electron chi connectivity index (χ3n) is 4.60. The zero-order valence-corrected chi connectivity index (χ0v) is 17.9. The van der Waals surface area contributed by atoms with Gasteiger partial charge in [-0.15, -0.1) is 21.5 Å². The van der Waals surface area contributed by atoms with Crippen LogP contribution in [0.25, 0.3) is 0 Å². The number of benzene rings is 1. The molecular formula is C20H22N4OS3. The highest BCUT2D eigenvalue weighted by atomic mass is 32.2. The molecule has 1 amide bonds. The fraction of sp³-hybridized carbons (Fsp3) is 0.350. The fourth-order valence-corrected chi connectivity index (χ4v) is 5.93. The average molecular weight is 431 g/mol. The summed E-state index contributed by atoms with van der Waals surface area (Å²) in [7, 11) is 0. The van der Waals surface area contributed by atoms with Crippen LogP contribution in [0, 0.1) is 0 Å². The third kappa shape index (κ3) is 4.92. The van der Waals surface area contributed by atoms with Crippen LogP contribution in [0.5, 0.6) is 0 Å². The Morgan fingerprint density at radius 3 is 2.71 bits per heavy atom. The Morgan fingerprint density at radius 2 is 1.96 bits per heavy atom. The van der Waals surface area contributed by atoms with Crippen molar-refractivity contribution >= 4 is 45.5 Å². The van der Waals surface area contributed by atoms with Gasteiger partial charge >= 0.3 is 0 Å². The van der Waals surface area contributed by atoms with Crippen molar-refractivity contribution in [2.24, 2.45) is 0 Å². The highest BCUT2D eigenvalue weighted by Gasteiger charge is 2.29. The molecule has 1 aliphatic heterocycles. The Labute approximate surface area is 177 Å². The summed E-state index contributed by atoms with van der Waals surface area (Å²) in [5.74, 6) is 0.177. The molecule has 1 aliphatic rings. The number of carbonyl (C=O) groups excluding carboxylic acids is 1. The molecule has 3 aromatic rings. The second-order valence-corrected chi connectivity index (χ2v) is 9.93. The number of amides is 1. The second-order valence-electron chi connectivity index (χ2n) is 6.57. The Balaban J connectivity index is 1.41. The predicted molar refractivity (Wildman–Crippen MR) is 117 cm³/mol.